The molecule has 6 nitrogen and oxygen atoms in total. The SMILES string of the molecule is C[C@H](NC(=O)/C(=C/c1ccc(F)cc1)NC(=O)c1ccccc1)C(=O)OCc1ccccc1. The lowest BCUT2D eigenvalue weighted by Crippen LogP contribution is -2.43. The van der Waals surface area contributed by atoms with Crippen LogP contribution in [0, 0.1) is 5.82 Å². The van der Waals surface area contributed by atoms with E-state index in [4.69, 9.17) is 4.74 Å². The number of nitrogens with one attached hydrogen (secondary N) is 2. The van der Waals surface area contributed by atoms with Crippen LogP contribution in [0.2, 0.25) is 0 Å². The van der Waals surface area contributed by atoms with Gasteiger partial charge in [-0.2, -0.15) is 0 Å². The minimum Gasteiger partial charge on any atom is -0.459 e. The van der Waals surface area contributed by atoms with Gasteiger partial charge in [0.05, 0.1) is 0 Å². The van der Waals surface area contributed by atoms with Crippen molar-refractivity contribution in [2.75, 3.05) is 0 Å². The zero-order chi connectivity index (χ0) is 23.6. The van der Waals surface area contributed by atoms with Crippen LogP contribution in [-0.4, -0.2) is 23.8 Å². The molecule has 0 spiro atoms. The van der Waals surface area contributed by atoms with Crippen LogP contribution in [0.5, 0.6) is 0 Å². The van der Waals surface area contributed by atoms with Crippen LogP contribution < -0.4 is 10.6 Å². The van der Waals surface area contributed by atoms with Crippen LogP contribution in [-0.2, 0) is 20.9 Å². The fourth-order valence-corrected chi connectivity index (χ4v) is 2.86. The predicted molar refractivity (Wildman–Crippen MR) is 122 cm³/mol. The summed E-state index contributed by atoms with van der Waals surface area (Å²) in [5, 5.41) is 5.10. The largest absolute Gasteiger partial charge is 0.459 e. The van der Waals surface area contributed by atoms with Crippen LogP contribution in [0.3, 0.4) is 0 Å². The number of hydrogen-bond acceptors (Lipinski definition) is 4. The molecule has 0 bridgehead atoms. The third-order valence-electron chi connectivity index (χ3n) is 4.63. The van der Waals surface area contributed by atoms with Crippen LogP contribution in [0.4, 0.5) is 4.39 Å². The lowest BCUT2D eigenvalue weighted by Gasteiger charge is -2.16. The van der Waals surface area contributed by atoms with Gasteiger partial charge >= 0.3 is 5.97 Å². The van der Waals surface area contributed by atoms with Crippen LogP contribution in [0.15, 0.2) is 90.6 Å². The van der Waals surface area contributed by atoms with Gasteiger partial charge in [-0.05, 0) is 48.4 Å². The van der Waals surface area contributed by atoms with Crippen LogP contribution in [0.1, 0.15) is 28.4 Å². The molecule has 0 heterocycles. The van der Waals surface area contributed by atoms with E-state index in [1.165, 1.54) is 37.3 Å². The Morgan fingerprint density at radius 3 is 2.15 bits per heavy atom. The Balaban J connectivity index is 1.71. The molecule has 3 rings (SSSR count). The Morgan fingerprint density at radius 1 is 0.909 bits per heavy atom. The van der Waals surface area contributed by atoms with Gasteiger partial charge in [0.2, 0.25) is 0 Å². The lowest BCUT2D eigenvalue weighted by molar-refractivity contribution is -0.148. The first-order valence-corrected chi connectivity index (χ1v) is 10.3. The predicted octanol–water partition coefficient (Wildman–Crippen LogP) is 3.84. The molecule has 0 aliphatic carbocycles. The van der Waals surface area contributed by atoms with E-state index in [1.807, 2.05) is 30.3 Å². The number of carbonyl (C=O) groups is 3. The molecule has 0 fully saturated rings. The molecule has 2 amide bonds. The summed E-state index contributed by atoms with van der Waals surface area (Å²) in [5.74, 6) is -2.24. The summed E-state index contributed by atoms with van der Waals surface area (Å²) in [4.78, 5) is 37.8. The van der Waals surface area contributed by atoms with Gasteiger partial charge < -0.3 is 15.4 Å². The Hall–Kier alpha value is -4.26. The summed E-state index contributed by atoms with van der Waals surface area (Å²) in [6.45, 7) is 1.56. The number of esters is 1. The average Bonchev–Trinajstić information content (AvgIpc) is 2.84. The quantitative estimate of drug-likeness (QED) is 0.407. The number of ether oxygens (including phenoxy) is 1. The van der Waals surface area contributed by atoms with Crippen molar-refractivity contribution in [3.8, 4) is 0 Å². The maximum Gasteiger partial charge on any atom is 0.328 e. The number of benzene rings is 3. The van der Waals surface area contributed by atoms with Crippen molar-refractivity contribution in [2.45, 2.75) is 19.6 Å². The number of halogens is 1. The molecule has 3 aromatic rings. The van der Waals surface area contributed by atoms with Gasteiger partial charge in [-0.25, -0.2) is 9.18 Å². The molecule has 7 heteroatoms. The number of hydrogen-bond donors (Lipinski definition) is 2. The molecule has 0 saturated heterocycles. The molecular formula is C26H23FN2O4. The van der Waals surface area contributed by atoms with E-state index < -0.39 is 29.6 Å². The molecule has 0 unspecified atom stereocenters. The lowest BCUT2D eigenvalue weighted by atomic mass is 10.1. The summed E-state index contributed by atoms with van der Waals surface area (Å²) >= 11 is 0. The van der Waals surface area contributed by atoms with E-state index in [0.717, 1.165) is 5.56 Å². The maximum atomic E-state index is 13.2. The van der Waals surface area contributed by atoms with Crippen LogP contribution in [0.25, 0.3) is 6.08 Å². The molecule has 33 heavy (non-hydrogen) atoms. The van der Waals surface area contributed by atoms with Crippen molar-refractivity contribution in [1.82, 2.24) is 10.6 Å². The fourth-order valence-electron chi connectivity index (χ4n) is 2.86. The van der Waals surface area contributed by atoms with Crippen molar-refractivity contribution >= 4 is 23.9 Å². The van der Waals surface area contributed by atoms with E-state index in [9.17, 15) is 18.8 Å². The van der Waals surface area contributed by atoms with Gasteiger partial charge in [0.1, 0.15) is 24.2 Å². The first kappa shape index (κ1) is 23.4. The van der Waals surface area contributed by atoms with E-state index in [2.05, 4.69) is 10.6 Å². The van der Waals surface area contributed by atoms with Gasteiger partial charge in [-0.3, -0.25) is 9.59 Å². The van der Waals surface area contributed by atoms with E-state index >= 15 is 0 Å². The molecule has 168 valence electrons. The first-order valence-electron chi connectivity index (χ1n) is 10.3. The second-order valence-corrected chi connectivity index (χ2v) is 7.22. The van der Waals surface area contributed by atoms with Gasteiger partial charge in [0.25, 0.3) is 11.8 Å². The smallest absolute Gasteiger partial charge is 0.328 e. The second-order valence-electron chi connectivity index (χ2n) is 7.22. The molecular weight excluding hydrogens is 423 g/mol. The van der Waals surface area contributed by atoms with Crippen molar-refractivity contribution in [3.05, 3.63) is 113 Å². The van der Waals surface area contributed by atoms with E-state index in [0.29, 0.717) is 11.1 Å². The third-order valence-corrected chi connectivity index (χ3v) is 4.63. The molecule has 1 atom stereocenters. The Morgan fingerprint density at radius 2 is 1.52 bits per heavy atom. The van der Waals surface area contributed by atoms with E-state index in [1.54, 1.807) is 30.3 Å². The second kappa shape index (κ2) is 11.4. The molecule has 0 aliphatic rings. The fraction of sp³-hybridized carbons (Fsp3) is 0.115. The van der Waals surface area contributed by atoms with E-state index in [-0.39, 0.29) is 12.3 Å². The molecule has 3 aromatic carbocycles. The van der Waals surface area contributed by atoms with Gasteiger partial charge in [-0.1, -0.05) is 60.7 Å². The average molecular weight is 446 g/mol. The van der Waals surface area contributed by atoms with Gasteiger partial charge in [0, 0.05) is 5.56 Å². The Kier molecular flexibility index (Phi) is 8.07. The minimum absolute atomic E-state index is 0.0723. The Labute approximate surface area is 191 Å². The summed E-state index contributed by atoms with van der Waals surface area (Å²) in [5.41, 5.74) is 1.56. The number of rotatable bonds is 8. The highest BCUT2D eigenvalue weighted by atomic mass is 19.1. The maximum absolute atomic E-state index is 13.2. The van der Waals surface area contributed by atoms with Crippen molar-refractivity contribution < 1.29 is 23.5 Å². The van der Waals surface area contributed by atoms with Gasteiger partial charge in [-0.15, -0.1) is 0 Å². The zero-order valence-corrected chi connectivity index (χ0v) is 18.0. The number of amides is 2. The van der Waals surface area contributed by atoms with Crippen molar-refractivity contribution in [1.29, 1.82) is 0 Å². The standard InChI is InChI=1S/C26H23FN2O4/c1-18(26(32)33-17-20-8-4-2-5-9-20)28-25(31)23(16-19-12-14-22(27)15-13-19)29-24(30)21-10-6-3-7-11-21/h2-16,18H,17H2,1H3,(H,28,31)(H,29,30)/b23-16-/t18-/m0/s1. The minimum atomic E-state index is -0.966. The number of carbonyl (C=O) groups excluding carboxylic acids is 3. The molecule has 0 radical (unpaired) electrons. The highest BCUT2D eigenvalue weighted by Crippen LogP contribution is 2.10. The molecule has 0 aromatic heterocycles. The topological polar surface area (TPSA) is 84.5 Å². The summed E-state index contributed by atoms with van der Waals surface area (Å²) in [6, 6.07) is 22.0. The summed E-state index contributed by atoms with van der Waals surface area (Å²) < 4.78 is 18.5. The Bertz CT molecular complexity index is 1130. The summed E-state index contributed by atoms with van der Waals surface area (Å²) in [7, 11) is 0. The zero-order valence-electron chi connectivity index (χ0n) is 18.0. The molecule has 0 saturated carbocycles. The van der Waals surface area contributed by atoms with Crippen molar-refractivity contribution in [2.24, 2.45) is 0 Å². The highest BCUT2D eigenvalue weighted by Gasteiger charge is 2.21. The molecule has 2 N–H and O–H groups in total. The van der Waals surface area contributed by atoms with Gasteiger partial charge in [0.15, 0.2) is 0 Å². The van der Waals surface area contributed by atoms with Crippen LogP contribution >= 0.6 is 0 Å². The summed E-state index contributed by atoms with van der Waals surface area (Å²) in [6.07, 6.45) is 1.40. The molecule has 0 aliphatic heterocycles. The van der Waals surface area contributed by atoms with Crippen molar-refractivity contribution in [3.63, 3.8) is 0 Å². The third kappa shape index (κ3) is 7.14. The normalized spacial score (nSPS) is 11.9. The highest BCUT2D eigenvalue weighted by molar-refractivity contribution is 6.06. The first-order chi connectivity index (χ1) is 15.9. The monoisotopic (exact) mass is 446 g/mol.